The maximum absolute atomic E-state index is 12.4. The van der Waals surface area contributed by atoms with Crippen LogP contribution in [0.5, 0.6) is 0 Å². The van der Waals surface area contributed by atoms with Crippen LogP contribution in [0.1, 0.15) is 5.56 Å². The van der Waals surface area contributed by atoms with Crippen molar-refractivity contribution in [3.8, 4) is 0 Å². The van der Waals surface area contributed by atoms with Gasteiger partial charge in [-0.2, -0.15) is 0 Å². The van der Waals surface area contributed by atoms with Gasteiger partial charge in [0.2, 0.25) is 0 Å². The fourth-order valence-corrected chi connectivity index (χ4v) is 0.812. The van der Waals surface area contributed by atoms with Gasteiger partial charge in [0.25, 0.3) is 0 Å². The molecular weight excluding hydrogens is 150 g/mol. The third-order valence-electron chi connectivity index (χ3n) is 1.19. The van der Waals surface area contributed by atoms with Crippen LogP contribution in [0.25, 0.3) is 0 Å². The van der Waals surface area contributed by atoms with E-state index in [0.29, 0.717) is 5.56 Å². The Morgan fingerprint density at radius 2 is 1.73 bits per heavy atom. The van der Waals surface area contributed by atoms with E-state index in [-0.39, 0.29) is 6.61 Å². The molecule has 0 bridgehead atoms. The van der Waals surface area contributed by atoms with Gasteiger partial charge in [-0.1, -0.05) is 0 Å². The standard InChI is InChI=1S/C8H7F2O/c1-11-5-6-2-7(9)4-8(10)3-6/h2-4H,1,5H2. The first-order chi connectivity index (χ1) is 5.22. The van der Waals surface area contributed by atoms with Crippen molar-refractivity contribution in [2.45, 2.75) is 6.61 Å². The van der Waals surface area contributed by atoms with Crippen molar-refractivity contribution in [1.29, 1.82) is 0 Å². The molecule has 1 radical (unpaired) electrons. The third kappa shape index (κ3) is 2.27. The third-order valence-corrected chi connectivity index (χ3v) is 1.19. The molecule has 0 saturated heterocycles. The van der Waals surface area contributed by atoms with Crippen molar-refractivity contribution < 1.29 is 13.5 Å². The van der Waals surface area contributed by atoms with Gasteiger partial charge in [0, 0.05) is 6.07 Å². The highest BCUT2D eigenvalue weighted by Gasteiger charge is 1.98. The first-order valence-electron chi connectivity index (χ1n) is 3.04. The summed E-state index contributed by atoms with van der Waals surface area (Å²) in [5, 5.41) is 0. The molecule has 1 rings (SSSR count). The molecule has 0 aromatic heterocycles. The Labute approximate surface area is 63.6 Å². The maximum atomic E-state index is 12.4. The van der Waals surface area contributed by atoms with Crippen molar-refractivity contribution in [2.24, 2.45) is 0 Å². The molecule has 0 aliphatic heterocycles. The van der Waals surface area contributed by atoms with E-state index >= 15 is 0 Å². The summed E-state index contributed by atoms with van der Waals surface area (Å²) >= 11 is 0. The summed E-state index contributed by atoms with van der Waals surface area (Å²) < 4.78 is 29.3. The predicted octanol–water partition coefficient (Wildman–Crippen LogP) is 2.27. The Morgan fingerprint density at radius 1 is 1.18 bits per heavy atom. The second kappa shape index (κ2) is 3.44. The zero-order valence-corrected chi connectivity index (χ0v) is 5.81. The summed E-state index contributed by atoms with van der Waals surface area (Å²) in [7, 11) is 3.10. The van der Waals surface area contributed by atoms with Crippen LogP contribution in [0.3, 0.4) is 0 Å². The summed E-state index contributed by atoms with van der Waals surface area (Å²) in [6.07, 6.45) is 0. The summed E-state index contributed by atoms with van der Waals surface area (Å²) in [5.41, 5.74) is 0.442. The topological polar surface area (TPSA) is 9.23 Å². The zero-order chi connectivity index (χ0) is 8.27. The van der Waals surface area contributed by atoms with Gasteiger partial charge in [0.15, 0.2) is 0 Å². The van der Waals surface area contributed by atoms with Gasteiger partial charge in [-0.25, -0.2) is 8.78 Å². The molecule has 0 heterocycles. The van der Waals surface area contributed by atoms with E-state index in [1.54, 1.807) is 0 Å². The Hall–Kier alpha value is -0.960. The molecule has 0 saturated carbocycles. The first kappa shape index (κ1) is 8.14. The molecule has 59 valence electrons. The van der Waals surface area contributed by atoms with Gasteiger partial charge in [-0.3, -0.25) is 0 Å². The monoisotopic (exact) mass is 157 g/mol. The van der Waals surface area contributed by atoms with Gasteiger partial charge >= 0.3 is 0 Å². The Morgan fingerprint density at radius 3 is 2.18 bits per heavy atom. The molecule has 1 aromatic rings. The predicted molar refractivity (Wildman–Crippen MR) is 36.5 cm³/mol. The van der Waals surface area contributed by atoms with Crippen LogP contribution in [0, 0.1) is 18.7 Å². The Bertz CT molecular complexity index is 228. The van der Waals surface area contributed by atoms with Crippen LogP contribution < -0.4 is 0 Å². The van der Waals surface area contributed by atoms with Crippen LogP contribution in [-0.4, -0.2) is 0 Å². The van der Waals surface area contributed by atoms with Crippen molar-refractivity contribution in [1.82, 2.24) is 0 Å². The van der Waals surface area contributed by atoms with E-state index in [9.17, 15) is 8.78 Å². The van der Waals surface area contributed by atoms with E-state index in [1.807, 2.05) is 0 Å². The lowest BCUT2D eigenvalue weighted by Gasteiger charge is -1.98. The molecule has 1 aromatic carbocycles. The fraction of sp³-hybridized carbons (Fsp3) is 0.125. The van der Waals surface area contributed by atoms with Crippen LogP contribution in [-0.2, 0) is 11.3 Å². The largest absolute Gasteiger partial charge is 0.374 e. The number of halogens is 2. The lowest BCUT2D eigenvalue weighted by Crippen LogP contribution is -1.89. The molecule has 0 atom stereocenters. The fourth-order valence-electron chi connectivity index (χ4n) is 0.812. The van der Waals surface area contributed by atoms with Crippen LogP contribution in [0.2, 0.25) is 0 Å². The molecule has 0 aliphatic carbocycles. The molecular formula is C8H7F2O. The van der Waals surface area contributed by atoms with E-state index in [4.69, 9.17) is 0 Å². The molecule has 0 amide bonds. The first-order valence-corrected chi connectivity index (χ1v) is 3.04. The smallest absolute Gasteiger partial charge is 0.126 e. The summed E-state index contributed by atoms with van der Waals surface area (Å²) in [6.45, 7) is 0.120. The lowest BCUT2D eigenvalue weighted by atomic mass is 10.2. The molecule has 0 N–H and O–H groups in total. The number of hydrogen-bond acceptors (Lipinski definition) is 1. The van der Waals surface area contributed by atoms with Gasteiger partial charge in [0.05, 0.1) is 13.7 Å². The number of hydrogen-bond donors (Lipinski definition) is 0. The molecule has 0 unspecified atom stereocenters. The highest BCUT2D eigenvalue weighted by molar-refractivity contribution is 5.16. The minimum atomic E-state index is -0.600. The average molecular weight is 157 g/mol. The molecule has 11 heavy (non-hydrogen) atoms. The summed E-state index contributed by atoms with van der Waals surface area (Å²) in [4.78, 5) is 0. The minimum absolute atomic E-state index is 0.120. The highest BCUT2D eigenvalue weighted by Crippen LogP contribution is 2.08. The van der Waals surface area contributed by atoms with E-state index in [2.05, 4.69) is 11.8 Å². The van der Waals surface area contributed by atoms with Gasteiger partial charge in [0.1, 0.15) is 11.6 Å². The Balaban J connectivity index is 2.89. The maximum Gasteiger partial charge on any atom is 0.126 e. The number of ether oxygens (including phenoxy) is 1. The highest BCUT2D eigenvalue weighted by atomic mass is 19.1. The number of benzene rings is 1. The van der Waals surface area contributed by atoms with E-state index in [0.717, 1.165) is 6.07 Å². The second-order valence-corrected chi connectivity index (χ2v) is 2.13. The molecule has 0 spiro atoms. The van der Waals surface area contributed by atoms with Crippen LogP contribution in [0.15, 0.2) is 18.2 Å². The number of rotatable bonds is 2. The van der Waals surface area contributed by atoms with E-state index < -0.39 is 11.6 Å². The van der Waals surface area contributed by atoms with Gasteiger partial charge < -0.3 is 4.74 Å². The normalized spacial score (nSPS) is 10.1. The SMILES string of the molecule is [CH2]OCc1cc(F)cc(F)c1. The van der Waals surface area contributed by atoms with Crippen LogP contribution >= 0.6 is 0 Å². The van der Waals surface area contributed by atoms with Crippen molar-refractivity contribution in [3.63, 3.8) is 0 Å². The summed E-state index contributed by atoms with van der Waals surface area (Å²) in [5.74, 6) is -1.20. The van der Waals surface area contributed by atoms with Gasteiger partial charge in [-0.15, -0.1) is 0 Å². The summed E-state index contributed by atoms with van der Waals surface area (Å²) in [6, 6.07) is 3.22. The van der Waals surface area contributed by atoms with Crippen molar-refractivity contribution in [2.75, 3.05) is 0 Å². The van der Waals surface area contributed by atoms with Crippen LogP contribution in [0.4, 0.5) is 8.78 Å². The molecule has 0 fully saturated rings. The molecule has 1 nitrogen and oxygen atoms in total. The van der Waals surface area contributed by atoms with Crippen molar-refractivity contribution in [3.05, 3.63) is 42.5 Å². The second-order valence-electron chi connectivity index (χ2n) is 2.13. The average Bonchev–Trinajstić information content (AvgIpc) is 1.85. The molecule has 0 aliphatic rings. The van der Waals surface area contributed by atoms with E-state index in [1.165, 1.54) is 12.1 Å². The minimum Gasteiger partial charge on any atom is -0.374 e. The van der Waals surface area contributed by atoms with Gasteiger partial charge in [-0.05, 0) is 17.7 Å². The Kier molecular flexibility index (Phi) is 2.54. The molecule has 3 heteroatoms. The lowest BCUT2D eigenvalue weighted by molar-refractivity contribution is 0.228. The zero-order valence-electron chi connectivity index (χ0n) is 5.81. The quantitative estimate of drug-likeness (QED) is 0.639. The van der Waals surface area contributed by atoms with Crippen molar-refractivity contribution >= 4 is 0 Å².